The Bertz CT molecular complexity index is 971. The van der Waals surface area contributed by atoms with Crippen molar-refractivity contribution in [2.45, 2.75) is 0 Å². The van der Waals surface area contributed by atoms with Crippen LogP contribution in [0.2, 0.25) is 0 Å². The maximum atomic E-state index is 14.0. The number of rotatable bonds is 6. The normalized spacial score (nSPS) is 11.8. The lowest BCUT2D eigenvalue weighted by atomic mass is 10.1. The highest BCUT2D eigenvalue weighted by Crippen LogP contribution is 2.24. The van der Waals surface area contributed by atoms with Crippen molar-refractivity contribution in [3.05, 3.63) is 48.4 Å². The first-order valence-electron chi connectivity index (χ1n) is 7.25. The van der Waals surface area contributed by atoms with Crippen LogP contribution in [0.1, 0.15) is 0 Å². The first kappa shape index (κ1) is 16.3. The van der Waals surface area contributed by atoms with Crippen molar-refractivity contribution in [3.8, 4) is 11.3 Å². The molecule has 0 amide bonds. The van der Waals surface area contributed by atoms with E-state index in [4.69, 9.17) is 0 Å². The van der Waals surface area contributed by atoms with Crippen molar-refractivity contribution < 1.29 is 12.8 Å². The molecule has 3 aromatic rings. The van der Waals surface area contributed by atoms with Crippen LogP contribution in [0.4, 0.5) is 10.2 Å². The van der Waals surface area contributed by atoms with E-state index in [9.17, 15) is 12.8 Å². The number of hydrogen-bond donors (Lipinski definition) is 2. The smallest absolute Gasteiger partial charge is 0.213 e. The van der Waals surface area contributed by atoms with E-state index in [1.165, 1.54) is 17.6 Å². The maximum Gasteiger partial charge on any atom is 0.213 e. The minimum atomic E-state index is -3.32. The third-order valence-electron chi connectivity index (χ3n) is 3.50. The molecule has 0 saturated carbocycles. The average molecular weight is 349 g/mol. The van der Waals surface area contributed by atoms with E-state index < -0.39 is 10.0 Å². The van der Waals surface area contributed by atoms with Crippen molar-refractivity contribution in [3.63, 3.8) is 0 Å². The SMILES string of the molecule is CNS(=O)(=O)CCNc1cc(-c2ccccc2F)nc2ccnn12. The number of aromatic nitrogens is 3. The van der Waals surface area contributed by atoms with E-state index in [0.29, 0.717) is 22.7 Å². The molecule has 0 radical (unpaired) electrons. The van der Waals surface area contributed by atoms with E-state index in [1.54, 1.807) is 36.5 Å². The van der Waals surface area contributed by atoms with Gasteiger partial charge in [-0.05, 0) is 19.2 Å². The molecular formula is C15H16FN5O2S. The van der Waals surface area contributed by atoms with Crippen LogP contribution in [0.15, 0.2) is 42.6 Å². The molecule has 0 aliphatic rings. The largest absolute Gasteiger partial charge is 0.369 e. The van der Waals surface area contributed by atoms with E-state index in [-0.39, 0.29) is 18.1 Å². The fourth-order valence-corrected chi connectivity index (χ4v) is 2.84. The molecule has 0 atom stereocenters. The lowest BCUT2D eigenvalue weighted by molar-refractivity contribution is 0.588. The van der Waals surface area contributed by atoms with Crippen LogP contribution in [0.5, 0.6) is 0 Å². The number of sulfonamides is 1. The molecule has 2 heterocycles. The molecule has 1 aromatic carbocycles. The molecule has 0 aliphatic heterocycles. The summed E-state index contributed by atoms with van der Waals surface area (Å²) in [6.07, 6.45) is 1.57. The summed E-state index contributed by atoms with van der Waals surface area (Å²) >= 11 is 0. The molecular weight excluding hydrogens is 333 g/mol. The average Bonchev–Trinajstić information content (AvgIpc) is 3.04. The second-order valence-corrected chi connectivity index (χ2v) is 7.10. The first-order chi connectivity index (χ1) is 11.5. The van der Waals surface area contributed by atoms with Gasteiger partial charge in [0.15, 0.2) is 5.65 Å². The van der Waals surface area contributed by atoms with Crippen molar-refractivity contribution in [2.75, 3.05) is 24.7 Å². The van der Waals surface area contributed by atoms with E-state index in [2.05, 4.69) is 20.1 Å². The van der Waals surface area contributed by atoms with Gasteiger partial charge in [-0.25, -0.2) is 22.5 Å². The minimum Gasteiger partial charge on any atom is -0.369 e. The third kappa shape index (κ3) is 3.36. The summed E-state index contributed by atoms with van der Waals surface area (Å²) in [6.45, 7) is 0.179. The molecule has 0 fully saturated rings. The van der Waals surface area contributed by atoms with Gasteiger partial charge in [-0.15, -0.1) is 0 Å². The molecule has 0 unspecified atom stereocenters. The number of fused-ring (bicyclic) bond motifs is 1. The third-order valence-corrected chi connectivity index (χ3v) is 4.86. The van der Waals surface area contributed by atoms with Gasteiger partial charge in [0.1, 0.15) is 11.6 Å². The van der Waals surface area contributed by atoms with Crippen LogP contribution >= 0.6 is 0 Å². The molecule has 0 aliphatic carbocycles. The highest BCUT2D eigenvalue weighted by molar-refractivity contribution is 7.89. The Labute approximate surface area is 138 Å². The standard InChI is InChI=1S/C15H16FN5O2S/c1-17-24(22,23)9-8-18-15-10-13(11-4-2-3-5-12(11)16)20-14-6-7-19-21(14)15/h2-7,10,17-18H,8-9H2,1H3. The number of benzene rings is 1. The number of nitrogens with zero attached hydrogens (tertiary/aromatic N) is 3. The second kappa shape index (κ2) is 6.54. The summed E-state index contributed by atoms with van der Waals surface area (Å²) in [5.41, 5.74) is 1.35. The summed E-state index contributed by atoms with van der Waals surface area (Å²) < 4.78 is 40.8. The Morgan fingerprint density at radius 1 is 1.25 bits per heavy atom. The number of hydrogen-bond acceptors (Lipinski definition) is 5. The lowest BCUT2D eigenvalue weighted by Crippen LogP contribution is -2.26. The monoisotopic (exact) mass is 349 g/mol. The summed E-state index contributed by atoms with van der Waals surface area (Å²) in [7, 11) is -1.95. The number of anilines is 1. The van der Waals surface area contributed by atoms with Crippen LogP contribution in [0.3, 0.4) is 0 Å². The van der Waals surface area contributed by atoms with Gasteiger partial charge in [0, 0.05) is 24.2 Å². The molecule has 9 heteroatoms. The fourth-order valence-electron chi connectivity index (χ4n) is 2.26. The summed E-state index contributed by atoms with van der Waals surface area (Å²) in [5.74, 6) is 0.0657. The molecule has 126 valence electrons. The van der Waals surface area contributed by atoms with E-state index >= 15 is 0 Å². The molecule has 0 bridgehead atoms. The van der Waals surface area contributed by atoms with Gasteiger partial charge in [-0.2, -0.15) is 9.61 Å². The second-order valence-electron chi connectivity index (χ2n) is 5.06. The summed E-state index contributed by atoms with van der Waals surface area (Å²) in [5, 5.41) is 7.16. The van der Waals surface area contributed by atoms with Gasteiger partial charge in [0.25, 0.3) is 0 Å². The van der Waals surface area contributed by atoms with Gasteiger partial charge in [0.2, 0.25) is 10.0 Å². The summed E-state index contributed by atoms with van der Waals surface area (Å²) in [4.78, 5) is 4.39. The highest BCUT2D eigenvalue weighted by atomic mass is 32.2. The van der Waals surface area contributed by atoms with Gasteiger partial charge >= 0.3 is 0 Å². The molecule has 7 nitrogen and oxygen atoms in total. The first-order valence-corrected chi connectivity index (χ1v) is 8.90. The molecule has 2 aromatic heterocycles. The van der Waals surface area contributed by atoms with Crippen LogP contribution in [-0.2, 0) is 10.0 Å². The Morgan fingerprint density at radius 2 is 2.04 bits per heavy atom. The zero-order valence-electron chi connectivity index (χ0n) is 12.9. The van der Waals surface area contributed by atoms with Crippen molar-refractivity contribution >= 4 is 21.5 Å². The molecule has 24 heavy (non-hydrogen) atoms. The van der Waals surface area contributed by atoms with Crippen LogP contribution in [0, 0.1) is 5.82 Å². The van der Waals surface area contributed by atoms with Gasteiger partial charge < -0.3 is 5.32 Å². The van der Waals surface area contributed by atoms with Crippen LogP contribution in [-0.4, -0.2) is 42.4 Å². The number of halogens is 1. The topological polar surface area (TPSA) is 88.4 Å². The quantitative estimate of drug-likeness (QED) is 0.704. The summed E-state index contributed by atoms with van der Waals surface area (Å²) in [6, 6.07) is 9.68. The minimum absolute atomic E-state index is 0.0936. The lowest BCUT2D eigenvalue weighted by Gasteiger charge is -2.11. The van der Waals surface area contributed by atoms with Crippen molar-refractivity contribution in [1.29, 1.82) is 0 Å². The molecule has 0 saturated heterocycles. The number of nitrogens with one attached hydrogen (secondary N) is 2. The van der Waals surface area contributed by atoms with Crippen molar-refractivity contribution in [2.24, 2.45) is 0 Å². The predicted octanol–water partition coefficient (Wildman–Crippen LogP) is 1.50. The zero-order chi connectivity index (χ0) is 17.2. The Hall–Kier alpha value is -2.52. The van der Waals surface area contributed by atoms with Gasteiger partial charge in [0.05, 0.1) is 17.6 Å². The van der Waals surface area contributed by atoms with Crippen LogP contribution < -0.4 is 10.0 Å². The highest BCUT2D eigenvalue weighted by Gasteiger charge is 2.12. The van der Waals surface area contributed by atoms with Crippen LogP contribution in [0.25, 0.3) is 16.9 Å². The van der Waals surface area contributed by atoms with Gasteiger partial charge in [-0.1, -0.05) is 12.1 Å². The van der Waals surface area contributed by atoms with E-state index in [0.717, 1.165) is 0 Å². The molecule has 3 rings (SSSR count). The van der Waals surface area contributed by atoms with Gasteiger partial charge in [-0.3, -0.25) is 0 Å². The Morgan fingerprint density at radius 3 is 2.79 bits per heavy atom. The molecule has 0 spiro atoms. The Balaban J connectivity index is 1.95. The maximum absolute atomic E-state index is 14.0. The Kier molecular flexibility index (Phi) is 4.45. The molecule has 2 N–H and O–H groups in total. The fraction of sp³-hybridized carbons (Fsp3) is 0.200. The zero-order valence-corrected chi connectivity index (χ0v) is 13.7. The van der Waals surface area contributed by atoms with E-state index in [1.807, 2.05) is 0 Å². The van der Waals surface area contributed by atoms with Crippen molar-refractivity contribution in [1.82, 2.24) is 19.3 Å². The predicted molar refractivity (Wildman–Crippen MR) is 89.7 cm³/mol.